The van der Waals surface area contributed by atoms with Crippen LogP contribution in [0.5, 0.6) is 0 Å². The Morgan fingerprint density at radius 3 is 2.90 bits per heavy atom. The van der Waals surface area contributed by atoms with E-state index in [0.717, 1.165) is 17.8 Å². The smallest absolute Gasteiger partial charge is 0.337 e. The van der Waals surface area contributed by atoms with Crippen LogP contribution in [-0.2, 0) is 4.74 Å². The summed E-state index contributed by atoms with van der Waals surface area (Å²) in [5.41, 5.74) is 0.255. The maximum absolute atomic E-state index is 10.9. The maximum atomic E-state index is 10.9. The largest absolute Gasteiger partial charge is 0.478 e. The highest BCUT2D eigenvalue weighted by Gasteiger charge is 2.18. The highest BCUT2D eigenvalue weighted by Crippen LogP contribution is 2.22. The number of ether oxygens (including phenoxy) is 1. The molecule has 0 aliphatic carbocycles. The third-order valence-electron chi connectivity index (χ3n) is 2.20. The normalized spacial score (nSPS) is 10.1. The van der Waals surface area contributed by atoms with E-state index in [0.29, 0.717) is 19.8 Å². The number of aromatic carboxylic acids is 1. The van der Waals surface area contributed by atoms with Crippen molar-refractivity contribution in [2.75, 3.05) is 25.1 Å². The molecule has 0 aromatic carbocycles. The van der Waals surface area contributed by atoms with E-state index >= 15 is 0 Å². The van der Waals surface area contributed by atoms with Crippen LogP contribution in [0.1, 0.15) is 17.3 Å². The number of pyridine rings is 1. The van der Waals surface area contributed by atoms with Gasteiger partial charge in [-0.2, -0.15) is 0 Å². The Labute approximate surface area is 115 Å². The number of nitrogens with one attached hydrogen (secondary N) is 1. The first kappa shape index (κ1) is 15.6. The molecule has 1 aromatic rings. The molecule has 0 aliphatic heterocycles. The molecule has 8 nitrogen and oxygen atoms in total. The molecule has 0 fully saturated rings. The summed E-state index contributed by atoms with van der Waals surface area (Å²) in [4.78, 5) is 24.7. The average Bonchev–Trinajstić information content (AvgIpc) is 2.37. The summed E-state index contributed by atoms with van der Waals surface area (Å²) in [6.45, 7) is 6.55. The van der Waals surface area contributed by atoms with Gasteiger partial charge in [0.25, 0.3) is 0 Å². The number of anilines is 1. The van der Waals surface area contributed by atoms with Crippen LogP contribution in [0, 0.1) is 10.1 Å². The van der Waals surface area contributed by atoms with Crippen molar-refractivity contribution in [2.24, 2.45) is 0 Å². The Bertz CT molecular complexity index is 530. The molecule has 0 aliphatic rings. The molecule has 0 atom stereocenters. The lowest BCUT2D eigenvalue weighted by molar-refractivity contribution is -0.384. The molecule has 0 spiro atoms. The summed E-state index contributed by atoms with van der Waals surface area (Å²) in [5.74, 6) is -1.25. The van der Waals surface area contributed by atoms with Gasteiger partial charge in [-0.1, -0.05) is 12.2 Å². The number of hydrogen-bond donors (Lipinski definition) is 2. The van der Waals surface area contributed by atoms with Gasteiger partial charge < -0.3 is 15.2 Å². The van der Waals surface area contributed by atoms with Crippen LogP contribution >= 0.6 is 0 Å². The second-order valence-electron chi connectivity index (χ2n) is 4.09. The van der Waals surface area contributed by atoms with Gasteiger partial charge in [0.05, 0.1) is 23.7 Å². The van der Waals surface area contributed by atoms with Crippen LogP contribution in [0.15, 0.2) is 24.4 Å². The lowest BCUT2D eigenvalue weighted by atomic mass is 10.2. The molecule has 0 bridgehead atoms. The third-order valence-corrected chi connectivity index (χ3v) is 2.20. The molecule has 2 N–H and O–H groups in total. The summed E-state index contributed by atoms with van der Waals surface area (Å²) >= 11 is 0. The number of nitrogens with zero attached hydrogens (tertiary/aromatic N) is 2. The number of nitro groups is 1. The molecule has 1 rings (SSSR count). The van der Waals surface area contributed by atoms with E-state index < -0.39 is 10.9 Å². The van der Waals surface area contributed by atoms with Crippen molar-refractivity contribution in [3.63, 3.8) is 0 Å². The zero-order chi connectivity index (χ0) is 15.1. The van der Waals surface area contributed by atoms with Gasteiger partial charge in [-0.05, 0) is 6.92 Å². The summed E-state index contributed by atoms with van der Waals surface area (Å²) in [6.07, 6.45) is 1.06. The highest BCUT2D eigenvalue weighted by molar-refractivity contribution is 5.88. The summed E-state index contributed by atoms with van der Waals surface area (Å²) in [7, 11) is 0. The molecule has 0 amide bonds. The Balaban J connectivity index is 2.67. The van der Waals surface area contributed by atoms with E-state index in [-0.39, 0.29) is 17.1 Å². The average molecular weight is 281 g/mol. The van der Waals surface area contributed by atoms with Crippen LogP contribution in [-0.4, -0.2) is 40.7 Å². The molecule has 0 unspecified atom stereocenters. The number of carbonyl (C=O) groups is 1. The fourth-order valence-corrected chi connectivity index (χ4v) is 1.33. The molecular formula is C12H15N3O5. The molecule has 1 aromatic heterocycles. The minimum absolute atomic E-state index is 0.0129. The van der Waals surface area contributed by atoms with Gasteiger partial charge in [0.1, 0.15) is 0 Å². The number of rotatable bonds is 8. The van der Waals surface area contributed by atoms with E-state index in [1.165, 1.54) is 0 Å². The second kappa shape index (κ2) is 7.19. The number of carboxylic acids is 1. The van der Waals surface area contributed by atoms with Crippen LogP contribution in [0.3, 0.4) is 0 Å². The Morgan fingerprint density at radius 1 is 1.65 bits per heavy atom. The second-order valence-corrected chi connectivity index (χ2v) is 4.09. The predicted molar refractivity (Wildman–Crippen MR) is 72.0 cm³/mol. The summed E-state index contributed by atoms with van der Waals surface area (Å²) in [6, 6.07) is 0.965. The summed E-state index contributed by atoms with van der Waals surface area (Å²) < 4.78 is 5.23. The molecule has 108 valence electrons. The zero-order valence-electron chi connectivity index (χ0n) is 11.0. The highest BCUT2D eigenvalue weighted by atomic mass is 16.6. The van der Waals surface area contributed by atoms with Gasteiger partial charge in [-0.15, -0.1) is 0 Å². The standard InChI is InChI=1S/C12H15N3O5/c1-8(2)7-20-4-3-13-11-10(15(18)19)5-9(6-14-11)12(16)17/h5-6H,1,3-4,7H2,2H3,(H,13,14)(H,16,17). The van der Waals surface area contributed by atoms with Gasteiger partial charge in [0.15, 0.2) is 0 Å². The topological polar surface area (TPSA) is 115 Å². The van der Waals surface area contributed by atoms with Crippen LogP contribution < -0.4 is 5.32 Å². The van der Waals surface area contributed by atoms with Gasteiger partial charge in [-0.25, -0.2) is 9.78 Å². The lowest BCUT2D eigenvalue weighted by Gasteiger charge is -2.07. The first-order valence-corrected chi connectivity index (χ1v) is 5.75. The van der Waals surface area contributed by atoms with Gasteiger partial charge in [-0.3, -0.25) is 10.1 Å². The van der Waals surface area contributed by atoms with Gasteiger partial charge >= 0.3 is 11.7 Å². The Kier molecular flexibility index (Phi) is 5.60. The fraction of sp³-hybridized carbons (Fsp3) is 0.333. The fourth-order valence-electron chi connectivity index (χ4n) is 1.33. The SMILES string of the molecule is C=C(C)COCCNc1ncc(C(=O)O)cc1[N+](=O)[O-]. The Morgan fingerprint density at radius 2 is 2.35 bits per heavy atom. The van der Waals surface area contributed by atoms with E-state index in [2.05, 4.69) is 16.9 Å². The van der Waals surface area contributed by atoms with Gasteiger partial charge in [0, 0.05) is 18.8 Å². The molecule has 0 saturated heterocycles. The molecule has 20 heavy (non-hydrogen) atoms. The first-order chi connectivity index (χ1) is 9.41. The monoisotopic (exact) mass is 281 g/mol. The summed E-state index contributed by atoms with van der Waals surface area (Å²) in [5, 5.41) is 22.4. The van der Waals surface area contributed by atoms with Crippen molar-refractivity contribution in [3.8, 4) is 0 Å². The number of hydrogen-bond acceptors (Lipinski definition) is 6. The van der Waals surface area contributed by atoms with Crippen molar-refractivity contribution in [1.29, 1.82) is 0 Å². The Hall–Kier alpha value is -2.48. The predicted octanol–water partition coefficient (Wildman–Crippen LogP) is 1.69. The van der Waals surface area contributed by atoms with Crippen LogP contribution in [0.2, 0.25) is 0 Å². The van der Waals surface area contributed by atoms with E-state index in [4.69, 9.17) is 9.84 Å². The minimum Gasteiger partial charge on any atom is -0.478 e. The number of carboxylic acid groups (broad SMARTS) is 1. The van der Waals surface area contributed by atoms with E-state index in [1.54, 1.807) is 0 Å². The maximum Gasteiger partial charge on any atom is 0.337 e. The van der Waals surface area contributed by atoms with Crippen molar-refractivity contribution < 1.29 is 19.6 Å². The molecule has 8 heteroatoms. The first-order valence-electron chi connectivity index (χ1n) is 5.75. The van der Waals surface area contributed by atoms with Gasteiger partial charge in [0.2, 0.25) is 5.82 Å². The molecular weight excluding hydrogens is 266 g/mol. The third kappa shape index (κ3) is 4.65. The molecule has 0 radical (unpaired) electrons. The van der Waals surface area contributed by atoms with E-state index in [9.17, 15) is 14.9 Å². The molecule has 1 heterocycles. The van der Waals surface area contributed by atoms with Crippen LogP contribution in [0.4, 0.5) is 11.5 Å². The number of aromatic nitrogens is 1. The van der Waals surface area contributed by atoms with Crippen molar-refractivity contribution in [1.82, 2.24) is 4.98 Å². The lowest BCUT2D eigenvalue weighted by Crippen LogP contribution is -2.13. The quantitative estimate of drug-likeness (QED) is 0.322. The van der Waals surface area contributed by atoms with E-state index in [1.807, 2.05) is 6.92 Å². The van der Waals surface area contributed by atoms with Crippen molar-refractivity contribution >= 4 is 17.5 Å². The van der Waals surface area contributed by atoms with Crippen molar-refractivity contribution in [3.05, 3.63) is 40.1 Å². The minimum atomic E-state index is -1.27. The van der Waals surface area contributed by atoms with Crippen molar-refractivity contribution in [2.45, 2.75) is 6.92 Å². The van der Waals surface area contributed by atoms with Crippen LogP contribution in [0.25, 0.3) is 0 Å². The zero-order valence-corrected chi connectivity index (χ0v) is 11.0. The molecule has 0 saturated carbocycles.